The van der Waals surface area contributed by atoms with Crippen LogP contribution in [-0.2, 0) is 9.47 Å². The molecule has 2 N–H and O–H groups in total. The summed E-state index contributed by atoms with van der Waals surface area (Å²) in [6.45, 7) is 0.344. The fourth-order valence-corrected chi connectivity index (χ4v) is 2.16. The van der Waals surface area contributed by atoms with E-state index in [9.17, 15) is 4.79 Å². The van der Waals surface area contributed by atoms with Crippen LogP contribution in [0.5, 0.6) is 5.75 Å². The second-order valence-corrected chi connectivity index (χ2v) is 4.95. The summed E-state index contributed by atoms with van der Waals surface area (Å²) in [6, 6.07) is 17.5. The van der Waals surface area contributed by atoms with Crippen LogP contribution in [0, 0.1) is 12.3 Å². The number of terminal acetylenes is 1. The lowest BCUT2D eigenvalue weighted by atomic mass is 10.1. The van der Waals surface area contributed by atoms with Gasteiger partial charge in [0.1, 0.15) is 19.0 Å². The summed E-state index contributed by atoms with van der Waals surface area (Å²) < 4.78 is 16.0. The van der Waals surface area contributed by atoms with E-state index in [1.54, 1.807) is 0 Å². The lowest BCUT2D eigenvalue weighted by molar-refractivity contribution is 0.0102. The molecule has 0 spiro atoms. The van der Waals surface area contributed by atoms with Crippen molar-refractivity contribution in [3.63, 3.8) is 0 Å². The van der Waals surface area contributed by atoms with Crippen LogP contribution in [-0.4, -0.2) is 32.0 Å². The second-order valence-electron chi connectivity index (χ2n) is 4.95. The third kappa shape index (κ3) is 5.34. The van der Waals surface area contributed by atoms with Crippen LogP contribution in [0.4, 0.5) is 4.79 Å². The maximum absolute atomic E-state index is 11.0. The van der Waals surface area contributed by atoms with Crippen molar-refractivity contribution in [2.24, 2.45) is 5.73 Å². The number of nitrogens with two attached hydrogens (primary N) is 1. The first-order chi connectivity index (χ1) is 11.7. The molecular weight excluding hydrogens is 306 g/mol. The number of ether oxygens (including phenoxy) is 3. The quantitative estimate of drug-likeness (QED) is 0.598. The van der Waals surface area contributed by atoms with E-state index >= 15 is 0 Å². The summed E-state index contributed by atoms with van der Waals surface area (Å²) in [5, 5.41) is 0. The van der Waals surface area contributed by atoms with Gasteiger partial charge in [0.25, 0.3) is 0 Å². The second kappa shape index (κ2) is 9.23. The van der Waals surface area contributed by atoms with Crippen molar-refractivity contribution in [3.05, 3.63) is 54.6 Å². The number of primary amides is 1. The van der Waals surface area contributed by atoms with E-state index in [0.717, 1.165) is 11.1 Å². The van der Waals surface area contributed by atoms with Crippen LogP contribution in [0.15, 0.2) is 54.6 Å². The highest BCUT2D eigenvalue weighted by molar-refractivity contribution is 5.70. The lowest BCUT2D eigenvalue weighted by Crippen LogP contribution is -2.32. The Labute approximate surface area is 141 Å². The van der Waals surface area contributed by atoms with Crippen molar-refractivity contribution in [2.75, 3.05) is 19.8 Å². The molecule has 0 fully saturated rings. The Hall–Kier alpha value is -2.97. The zero-order chi connectivity index (χ0) is 17.2. The van der Waals surface area contributed by atoms with Crippen LogP contribution in [0.25, 0.3) is 11.1 Å². The van der Waals surface area contributed by atoms with Crippen molar-refractivity contribution in [3.8, 4) is 29.2 Å². The number of hydrogen-bond donors (Lipinski definition) is 1. The van der Waals surface area contributed by atoms with Crippen LogP contribution in [0.3, 0.4) is 0 Å². The molecule has 0 saturated carbocycles. The number of carbonyl (C=O) groups excluding carboxylic acids is 1. The van der Waals surface area contributed by atoms with Gasteiger partial charge < -0.3 is 19.9 Å². The minimum atomic E-state index is -0.885. The molecule has 2 rings (SSSR count). The van der Waals surface area contributed by atoms with E-state index in [4.69, 9.17) is 26.4 Å². The van der Waals surface area contributed by atoms with Crippen LogP contribution >= 0.6 is 0 Å². The standard InChI is InChI=1S/C19H19NO4/c1-2-12-22-13-16(24-19(20)21)14-23-18-11-7-6-10-17(18)15-8-4-3-5-9-15/h1,3-11,16H,12-14H2,(H2,20,21). The predicted molar refractivity (Wildman–Crippen MR) is 91.5 cm³/mol. The first-order valence-electron chi connectivity index (χ1n) is 7.45. The van der Waals surface area contributed by atoms with E-state index < -0.39 is 12.2 Å². The van der Waals surface area contributed by atoms with E-state index in [1.807, 2.05) is 54.6 Å². The number of amides is 1. The summed E-state index contributed by atoms with van der Waals surface area (Å²) in [7, 11) is 0. The van der Waals surface area contributed by atoms with Crippen LogP contribution in [0.1, 0.15) is 0 Å². The number of para-hydroxylation sites is 1. The zero-order valence-corrected chi connectivity index (χ0v) is 13.2. The Morgan fingerprint density at radius 2 is 1.79 bits per heavy atom. The molecule has 1 amide bonds. The fourth-order valence-electron chi connectivity index (χ4n) is 2.16. The summed E-state index contributed by atoms with van der Waals surface area (Å²) in [5.41, 5.74) is 7.05. The molecule has 2 aromatic rings. The number of carbonyl (C=O) groups is 1. The topological polar surface area (TPSA) is 70.8 Å². The Morgan fingerprint density at radius 3 is 2.50 bits per heavy atom. The van der Waals surface area contributed by atoms with Crippen molar-refractivity contribution < 1.29 is 19.0 Å². The molecule has 0 saturated heterocycles. The molecule has 2 aromatic carbocycles. The van der Waals surface area contributed by atoms with Crippen LogP contribution < -0.4 is 10.5 Å². The minimum Gasteiger partial charge on any atom is -0.489 e. The smallest absolute Gasteiger partial charge is 0.404 e. The van der Waals surface area contributed by atoms with Crippen molar-refractivity contribution >= 4 is 6.09 Å². The van der Waals surface area contributed by atoms with Crippen molar-refractivity contribution in [1.82, 2.24) is 0 Å². The fraction of sp³-hybridized carbons (Fsp3) is 0.211. The van der Waals surface area contributed by atoms with Crippen LogP contribution in [0.2, 0.25) is 0 Å². The number of rotatable bonds is 8. The molecule has 24 heavy (non-hydrogen) atoms. The number of benzene rings is 2. The maximum Gasteiger partial charge on any atom is 0.404 e. The van der Waals surface area contributed by atoms with Gasteiger partial charge in [-0.1, -0.05) is 54.5 Å². The Balaban J connectivity index is 2.06. The Bertz CT molecular complexity index is 694. The molecule has 0 aliphatic carbocycles. The average molecular weight is 325 g/mol. The highest BCUT2D eigenvalue weighted by Crippen LogP contribution is 2.29. The monoisotopic (exact) mass is 325 g/mol. The molecule has 5 nitrogen and oxygen atoms in total. The first-order valence-corrected chi connectivity index (χ1v) is 7.45. The van der Waals surface area contributed by atoms with Gasteiger partial charge in [-0.15, -0.1) is 6.42 Å². The summed E-state index contributed by atoms with van der Waals surface area (Å²) in [5.74, 6) is 3.03. The van der Waals surface area contributed by atoms with Crippen molar-refractivity contribution in [1.29, 1.82) is 0 Å². The van der Waals surface area contributed by atoms with Gasteiger partial charge in [-0.25, -0.2) is 4.79 Å². The molecule has 5 heteroatoms. The van der Waals surface area contributed by atoms with E-state index in [2.05, 4.69) is 5.92 Å². The summed E-state index contributed by atoms with van der Waals surface area (Å²) >= 11 is 0. The molecule has 0 heterocycles. The molecule has 1 unspecified atom stereocenters. The molecule has 0 aromatic heterocycles. The predicted octanol–water partition coefficient (Wildman–Crippen LogP) is 2.85. The van der Waals surface area contributed by atoms with Gasteiger partial charge in [0.05, 0.1) is 6.61 Å². The normalized spacial score (nSPS) is 11.3. The van der Waals surface area contributed by atoms with Gasteiger partial charge in [0.2, 0.25) is 0 Å². The largest absolute Gasteiger partial charge is 0.489 e. The molecule has 0 radical (unpaired) electrons. The molecule has 0 aliphatic heterocycles. The van der Waals surface area contributed by atoms with E-state index in [-0.39, 0.29) is 19.8 Å². The highest BCUT2D eigenvalue weighted by atomic mass is 16.6. The zero-order valence-electron chi connectivity index (χ0n) is 13.2. The molecule has 1 atom stereocenters. The molecular formula is C19H19NO4. The molecule has 0 aliphatic rings. The first kappa shape index (κ1) is 17.4. The van der Waals surface area contributed by atoms with Gasteiger partial charge in [-0.3, -0.25) is 0 Å². The summed E-state index contributed by atoms with van der Waals surface area (Å²) in [6.07, 6.45) is 3.60. The Morgan fingerprint density at radius 1 is 1.08 bits per heavy atom. The van der Waals surface area contributed by atoms with Gasteiger partial charge in [0.15, 0.2) is 6.10 Å². The summed E-state index contributed by atoms with van der Waals surface area (Å²) in [4.78, 5) is 11.0. The third-order valence-corrected chi connectivity index (χ3v) is 3.17. The lowest BCUT2D eigenvalue weighted by Gasteiger charge is -2.18. The third-order valence-electron chi connectivity index (χ3n) is 3.17. The van der Waals surface area contributed by atoms with Crippen molar-refractivity contribution in [2.45, 2.75) is 6.10 Å². The SMILES string of the molecule is C#CCOCC(COc1ccccc1-c1ccccc1)OC(N)=O. The van der Waals surface area contributed by atoms with Gasteiger partial charge >= 0.3 is 6.09 Å². The van der Waals surface area contributed by atoms with E-state index in [0.29, 0.717) is 5.75 Å². The van der Waals surface area contributed by atoms with Gasteiger partial charge in [-0.2, -0.15) is 0 Å². The van der Waals surface area contributed by atoms with Gasteiger partial charge in [-0.05, 0) is 11.6 Å². The average Bonchev–Trinajstić information content (AvgIpc) is 2.60. The minimum absolute atomic E-state index is 0.108. The Kier molecular flexibility index (Phi) is 6.69. The molecule has 124 valence electrons. The maximum atomic E-state index is 11.0. The molecule has 0 bridgehead atoms. The number of hydrogen-bond acceptors (Lipinski definition) is 4. The van der Waals surface area contributed by atoms with E-state index in [1.165, 1.54) is 0 Å². The highest BCUT2D eigenvalue weighted by Gasteiger charge is 2.15. The van der Waals surface area contributed by atoms with Gasteiger partial charge in [0, 0.05) is 5.56 Å².